The first-order chi connectivity index (χ1) is 8.65. The van der Waals surface area contributed by atoms with E-state index in [1.54, 1.807) is 12.3 Å². The first-order valence-electron chi connectivity index (χ1n) is 5.19. The Kier molecular flexibility index (Phi) is 3.73. The molecule has 0 fully saturated rings. The van der Waals surface area contributed by atoms with E-state index in [2.05, 4.69) is 15.6 Å². The molecular formula is C11H11N3O3S. The summed E-state index contributed by atoms with van der Waals surface area (Å²) >= 11 is 1.37. The van der Waals surface area contributed by atoms with E-state index in [0.717, 1.165) is 4.88 Å². The lowest BCUT2D eigenvalue weighted by atomic mass is 10.4. The van der Waals surface area contributed by atoms with E-state index in [0.29, 0.717) is 5.13 Å². The quantitative estimate of drug-likeness (QED) is 0.875. The summed E-state index contributed by atoms with van der Waals surface area (Å²) in [6.45, 7) is 1.77. The Bertz CT molecular complexity index is 548. The summed E-state index contributed by atoms with van der Waals surface area (Å²) in [6.07, 6.45) is 3.06. The summed E-state index contributed by atoms with van der Waals surface area (Å²) in [5.74, 6) is -0.581. The molecule has 0 atom stereocenters. The fraction of sp³-hybridized carbons (Fsp3) is 0.182. The zero-order valence-corrected chi connectivity index (χ0v) is 10.4. The second kappa shape index (κ2) is 5.46. The summed E-state index contributed by atoms with van der Waals surface area (Å²) in [4.78, 5) is 28.0. The minimum atomic E-state index is -0.425. The Hall–Kier alpha value is -2.15. The largest absolute Gasteiger partial charge is 0.459 e. The number of nitrogens with one attached hydrogen (secondary N) is 2. The van der Waals surface area contributed by atoms with E-state index in [1.165, 1.54) is 23.7 Å². The zero-order valence-electron chi connectivity index (χ0n) is 9.60. The van der Waals surface area contributed by atoms with Crippen LogP contribution in [0.15, 0.2) is 29.0 Å². The molecule has 0 aliphatic rings. The molecule has 2 aromatic heterocycles. The van der Waals surface area contributed by atoms with Gasteiger partial charge in [-0.25, -0.2) is 4.98 Å². The summed E-state index contributed by atoms with van der Waals surface area (Å²) in [7, 11) is 0. The van der Waals surface area contributed by atoms with Gasteiger partial charge in [-0.1, -0.05) is 0 Å². The van der Waals surface area contributed by atoms with Gasteiger partial charge in [-0.2, -0.15) is 0 Å². The number of furan rings is 1. The monoisotopic (exact) mass is 265 g/mol. The average Bonchev–Trinajstić information content (AvgIpc) is 2.97. The van der Waals surface area contributed by atoms with Gasteiger partial charge in [0.2, 0.25) is 5.91 Å². The summed E-state index contributed by atoms with van der Waals surface area (Å²) in [5.41, 5.74) is 0. The molecule has 0 radical (unpaired) electrons. The fourth-order valence-electron chi connectivity index (χ4n) is 1.23. The van der Waals surface area contributed by atoms with Crippen LogP contribution < -0.4 is 10.6 Å². The van der Waals surface area contributed by atoms with Crippen molar-refractivity contribution in [3.8, 4) is 0 Å². The molecule has 0 aliphatic carbocycles. The Balaban J connectivity index is 1.80. The Labute approximate surface area is 107 Å². The van der Waals surface area contributed by atoms with Crippen LogP contribution >= 0.6 is 11.3 Å². The number of amides is 2. The van der Waals surface area contributed by atoms with E-state index in [9.17, 15) is 9.59 Å². The highest BCUT2D eigenvalue weighted by molar-refractivity contribution is 7.15. The zero-order chi connectivity index (χ0) is 13.0. The molecule has 0 unspecified atom stereocenters. The molecule has 2 N–H and O–H groups in total. The Morgan fingerprint density at radius 3 is 2.94 bits per heavy atom. The number of hydrogen-bond acceptors (Lipinski definition) is 5. The number of rotatable bonds is 4. The lowest BCUT2D eigenvalue weighted by molar-refractivity contribution is -0.115. The standard InChI is InChI=1S/C11H11N3O3S/c1-7-5-13-11(18-7)14-9(15)6-12-10(16)8-3-2-4-17-8/h2-5H,6H2,1H3,(H,12,16)(H,13,14,15). The molecule has 0 bridgehead atoms. The molecule has 0 aliphatic heterocycles. The lowest BCUT2D eigenvalue weighted by Gasteiger charge is -2.02. The minimum Gasteiger partial charge on any atom is -0.459 e. The van der Waals surface area contributed by atoms with Crippen molar-refractivity contribution in [3.05, 3.63) is 35.2 Å². The lowest BCUT2D eigenvalue weighted by Crippen LogP contribution is -2.32. The second-order valence-electron chi connectivity index (χ2n) is 3.48. The van der Waals surface area contributed by atoms with Gasteiger partial charge >= 0.3 is 0 Å². The van der Waals surface area contributed by atoms with E-state index in [-0.39, 0.29) is 18.2 Å². The predicted molar refractivity (Wildman–Crippen MR) is 66.5 cm³/mol. The number of hydrogen-bond donors (Lipinski definition) is 2. The molecule has 0 saturated carbocycles. The fourth-order valence-corrected chi connectivity index (χ4v) is 1.91. The molecular weight excluding hydrogens is 254 g/mol. The van der Waals surface area contributed by atoms with Crippen molar-refractivity contribution in [2.75, 3.05) is 11.9 Å². The maximum Gasteiger partial charge on any atom is 0.287 e. The third-order valence-corrected chi connectivity index (χ3v) is 2.85. The molecule has 18 heavy (non-hydrogen) atoms. The van der Waals surface area contributed by atoms with Crippen LogP contribution in [0.4, 0.5) is 5.13 Å². The van der Waals surface area contributed by atoms with Gasteiger partial charge in [-0.15, -0.1) is 11.3 Å². The molecule has 0 aromatic carbocycles. The molecule has 7 heteroatoms. The van der Waals surface area contributed by atoms with Crippen molar-refractivity contribution in [1.29, 1.82) is 0 Å². The third kappa shape index (κ3) is 3.17. The number of carbonyl (C=O) groups excluding carboxylic acids is 2. The van der Waals surface area contributed by atoms with Crippen LogP contribution in [0.5, 0.6) is 0 Å². The minimum absolute atomic E-state index is 0.127. The Morgan fingerprint density at radius 1 is 1.50 bits per heavy atom. The topological polar surface area (TPSA) is 84.2 Å². The number of aryl methyl sites for hydroxylation is 1. The maximum atomic E-state index is 11.5. The first-order valence-corrected chi connectivity index (χ1v) is 6.01. The number of nitrogens with zero attached hydrogens (tertiary/aromatic N) is 1. The predicted octanol–water partition coefficient (Wildman–Crippen LogP) is 1.41. The van der Waals surface area contributed by atoms with Gasteiger partial charge in [-0.3, -0.25) is 9.59 Å². The van der Waals surface area contributed by atoms with Gasteiger partial charge in [0.25, 0.3) is 5.91 Å². The maximum absolute atomic E-state index is 11.5. The van der Waals surface area contributed by atoms with Crippen LogP contribution in [0.2, 0.25) is 0 Å². The van der Waals surface area contributed by atoms with E-state index in [4.69, 9.17) is 4.42 Å². The van der Waals surface area contributed by atoms with Crippen LogP contribution in [-0.2, 0) is 4.79 Å². The van der Waals surface area contributed by atoms with E-state index in [1.807, 2.05) is 6.92 Å². The molecule has 2 aromatic rings. The first kappa shape index (κ1) is 12.3. The number of aromatic nitrogens is 1. The summed E-state index contributed by atoms with van der Waals surface area (Å²) < 4.78 is 4.90. The molecule has 94 valence electrons. The van der Waals surface area contributed by atoms with Crippen molar-refractivity contribution >= 4 is 28.3 Å². The van der Waals surface area contributed by atoms with Crippen LogP contribution in [-0.4, -0.2) is 23.3 Å². The van der Waals surface area contributed by atoms with Crippen molar-refractivity contribution in [3.63, 3.8) is 0 Å². The van der Waals surface area contributed by atoms with Gasteiger partial charge in [0.05, 0.1) is 12.8 Å². The van der Waals surface area contributed by atoms with Crippen molar-refractivity contribution in [2.45, 2.75) is 6.92 Å². The number of carbonyl (C=O) groups is 2. The van der Waals surface area contributed by atoms with E-state index >= 15 is 0 Å². The number of thiazole rings is 1. The van der Waals surface area contributed by atoms with Gasteiger partial charge in [0.15, 0.2) is 10.9 Å². The van der Waals surface area contributed by atoms with Crippen molar-refractivity contribution in [1.82, 2.24) is 10.3 Å². The van der Waals surface area contributed by atoms with Gasteiger partial charge in [0.1, 0.15) is 0 Å². The summed E-state index contributed by atoms with van der Waals surface area (Å²) in [5, 5.41) is 5.55. The Morgan fingerprint density at radius 2 is 2.33 bits per heavy atom. The molecule has 2 heterocycles. The molecule has 0 spiro atoms. The van der Waals surface area contributed by atoms with Gasteiger partial charge in [0, 0.05) is 11.1 Å². The second-order valence-corrected chi connectivity index (χ2v) is 4.72. The average molecular weight is 265 g/mol. The van der Waals surface area contributed by atoms with Crippen molar-refractivity contribution in [2.24, 2.45) is 0 Å². The van der Waals surface area contributed by atoms with Crippen molar-refractivity contribution < 1.29 is 14.0 Å². The smallest absolute Gasteiger partial charge is 0.287 e. The van der Waals surface area contributed by atoms with Crippen LogP contribution in [0.1, 0.15) is 15.4 Å². The van der Waals surface area contributed by atoms with Gasteiger partial charge in [-0.05, 0) is 19.1 Å². The molecule has 2 rings (SSSR count). The molecule has 0 saturated heterocycles. The molecule has 2 amide bonds. The highest BCUT2D eigenvalue weighted by Crippen LogP contribution is 2.15. The molecule has 6 nitrogen and oxygen atoms in total. The van der Waals surface area contributed by atoms with Crippen LogP contribution in [0, 0.1) is 6.92 Å². The highest BCUT2D eigenvalue weighted by atomic mass is 32.1. The van der Waals surface area contributed by atoms with Crippen LogP contribution in [0.3, 0.4) is 0 Å². The third-order valence-electron chi connectivity index (χ3n) is 2.02. The SMILES string of the molecule is Cc1cnc(NC(=O)CNC(=O)c2ccco2)s1. The van der Waals surface area contributed by atoms with E-state index < -0.39 is 5.91 Å². The highest BCUT2D eigenvalue weighted by Gasteiger charge is 2.11. The van der Waals surface area contributed by atoms with Crippen LogP contribution in [0.25, 0.3) is 0 Å². The summed E-state index contributed by atoms with van der Waals surface area (Å²) in [6, 6.07) is 3.13. The normalized spacial score (nSPS) is 10.1. The number of anilines is 1. The van der Waals surface area contributed by atoms with Gasteiger partial charge < -0.3 is 15.1 Å².